The topological polar surface area (TPSA) is 61.5 Å². The molecule has 0 unspecified atom stereocenters. The van der Waals surface area contributed by atoms with Crippen LogP contribution in [-0.4, -0.2) is 15.2 Å². The van der Waals surface area contributed by atoms with Gasteiger partial charge in [-0.1, -0.05) is 60.7 Å². The van der Waals surface area contributed by atoms with Crippen LogP contribution in [0.1, 0.15) is 0 Å². The number of nitrogens with zero attached hydrogens (tertiary/aromatic N) is 1. The SMILES string of the molecule is O=c1[nH]nc(-c2ccccc2)c2cc(-c3ccccc3)[nH]c12. The van der Waals surface area contributed by atoms with Crippen molar-refractivity contribution in [3.05, 3.63) is 77.1 Å². The van der Waals surface area contributed by atoms with Crippen LogP contribution >= 0.6 is 0 Å². The van der Waals surface area contributed by atoms with Gasteiger partial charge in [0.1, 0.15) is 11.2 Å². The van der Waals surface area contributed by atoms with Crippen molar-refractivity contribution in [1.82, 2.24) is 15.2 Å². The average molecular weight is 287 g/mol. The Bertz CT molecular complexity index is 985. The predicted octanol–water partition coefficient (Wildman–Crippen LogP) is 3.59. The summed E-state index contributed by atoms with van der Waals surface area (Å²) < 4.78 is 0. The van der Waals surface area contributed by atoms with Crippen LogP contribution in [0.25, 0.3) is 33.4 Å². The van der Waals surface area contributed by atoms with Crippen LogP contribution in [-0.2, 0) is 0 Å². The van der Waals surface area contributed by atoms with Crippen molar-refractivity contribution in [3.8, 4) is 22.5 Å². The molecule has 0 saturated carbocycles. The van der Waals surface area contributed by atoms with Crippen LogP contribution in [0.15, 0.2) is 71.5 Å². The Balaban J connectivity index is 1.99. The van der Waals surface area contributed by atoms with E-state index in [1.807, 2.05) is 66.7 Å². The maximum atomic E-state index is 12.1. The van der Waals surface area contributed by atoms with E-state index < -0.39 is 0 Å². The van der Waals surface area contributed by atoms with Gasteiger partial charge in [0.25, 0.3) is 5.56 Å². The van der Waals surface area contributed by atoms with Crippen LogP contribution in [0.4, 0.5) is 0 Å². The molecule has 4 heteroatoms. The van der Waals surface area contributed by atoms with Gasteiger partial charge in [0, 0.05) is 16.6 Å². The first-order valence-electron chi connectivity index (χ1n) is 7.05. The fourth-order valence-corrected chi connectivity index (χ4v) is 2.63. The summed E-state index contributed by atoms with van der Waals surface area (Å²) in [6.45, 7) is 0. The normalized spacial score (nSPS) is 10.9. The number of fused-ring (bicyclic) bond motifs is 1. The molecule has 4 aromatic rings. The fourth-order valence-electron chi connectivity index (χ4n) is 2.63. The Labute approximate surface area is 126 Å². The summed E-state index contributed by atoms with van der Waals surface area (Å²) in [7, 11) is 0. The third-order valence-corrected chi connectivity index (χ3v) is 3.70. The highest BCUT2D eigenvalue weighted by Crippen LogP contribution is 2.28. The van der Waals surface area contributed by atoms with Crippen LogP contribution in [0.3, 0.4) is 0 Å². The van der Waals surface area contributed by atoms with Gasteiger partial charge in [0.2, 0.25) is 0 Å². The lowest BCUT2D eigenvalue weighted by atomic mass is 10.1. The first-order valence-corrected chi connectivity index (χ1v) is 7.05. The van der Waals surface area contributed by atoms with E-state index in [9.17, 15) is 4.79 Å². The van der Waals surface area contributed by atoms with E-state index in [4.69, 9.17) is 0 Å². The van der Waals surface area contributed by atoms with E-state index in [0.717, 1.165) is 27.9 Å². The average Bonchev–Trinajstić information content (AvgIpc) is 3.03. The van der Waals surface area contributed by atoms with Crippen LogP contribution in [0.5, 0.6) is 0 Å². The maximum Gasteiger partial charge on any atom is 0.288 e. The Morgan fingerprint density at radius 1 is 0.818 bits per heavy atom. The number of H-pyrrole nitrogens is 2. The zero-order valence-corrected chi connectivity index (χ0v) is 11.7. The summed E-state index contributed by atoms with van der Waals surface area (Å²) in [6, 6.07) is 21.7. The number of aromatic nitrogens is 3. The molecule has 0 amide bonds. The third kappa shape index (κ3) is 2.02. The molecule has 0 bridgehead atoms. The van der Waals surface area contributed by atoms with Gasteiger partial charge in [-0.15, -0.1) is 0 Å². The molecule has 2 aromatic carbocycles. The molecule has 4 nitrogen and oxygen atoms in total. The molecule has 22 heavy (non-hydrogen) atoms. The summed E-state index contributed by atoms with van der Waals surface area (Å²) in [5, 5.41) is 7.62. The van der Waals surface area contributed by atoms with Gasteiger partial charge in [-0.2, -0.15) is 5.10 Å². The van der Waals surface area contributed by atoms with E-state index >= 15 is 0 Å². The molecular weight excluding hydrogens is 274 g/mol. The Hall–Kier alpha value is -3.14. The van der Waals surface area contributed by atoms with Gasteiger partial charge in [0.05, 0.1) is 0 Å². The zero-order valence-electron chi connectivity index (χ0n) is 11.7. The monoisotopic (exact) mass is 287 g/mol. The second-order valence-electron chi connectivity index (χ2n) is 5.11. The lowest BCUT2D eigenvalue weighted by Crippen LogP contribution is -2.09. The van der Waals surface area contributed by atoms with Crippen molar-refractivity contribution in [1.29, 1.82) is 0 Å². The van der Waals surface area contributed by atoms with Crippen molar-refractivity contribution >= 4 is 10.9 Å². The van der Waals surface area contributed by atoms with E-state index in [1.165, 1.54) is 0 Å². The number of benzene rings is 2. The van der Waals surface area contributed by atoms with Crippen LogP contribution in [0.2, 0.25) is 0 Å². The minimum atomic E-state index is -0.211. The molecule has 0 spiro atoms. The summed E-state index contributed by atoms with van der Waals surface area (Å²) in [4.78, 5) is 15.3. The smallest absolute Gasteiger partial charge is 0.288 e. The minimum absolute atomic E-state index is 0.211. The van der Waals surface area contributed by atoms with Crippen LogP contribution < -0.4 is 5.56 Å². The Morgan fingerprint density at radius 3 is 2.14 bits per heavy atom. The van der Waals surface area contributed by atoms with Crippen molar-refractivity contribution in [2.24, 2.45) is 0 Å². The number of aromatic amines is 2. The van der Waals surface area contributed by atoms with E-state index in [-0.39, 0.29) is 5.56 Å². The quantitative estimate of drug-likeness (QED) is 0.592. The molecule has 2 heterocycles. The maximum absolute atomic E-state index is 12.1. The van der Waals surface area contributed by atoms with Gasteiger partial charge >= 0.3 is 0 Å². The summed E-state index contributed by atoms with van der Waals surface area (Å²) in [6.07, 6.45) is 0. The zero-order chi connectivity index (χ0) is 14.9. The standard InChI is InChI=1S/C18H13N3O/c22-18-17-14(11-15(19-17)12-7-3-1-4-8-12)16(20-21-18)13-9-5-2-6-10-13/h1-11,19H,(H,21,22). The Morgan fingerprint density at radius 2 is 1.45 bits per heavy atom. The summed E-state index contributed by atoms with van der Waals surface area (Å²) in [5.41, 5.74) is 4.03. The first kappa shape index (κ1) is 12.6. The summed E-state index contributed by atoms with van der Waals surface area (Å²) in [5.74, 6) is 0. The molecule has 0 radical (unpaired) electrons. The highest BCUT2D eigenvalue weighted by atomic mass is 16.1. The largest absolute Gasteiger partial charge is 0.350 e. The molecule has 0 aliphatic heterocycles. The lowest BCUT2D eigenvalue weighted by Gasteiger charge is -2.00. The highest BCUT2D eigenvalue weighted by Gasteiger charge is 2.12. The van der Waals surface area contributed by atoms with E-state index in [1.54, 1.807) is 0 Å². The Kier molecular flexibility index (Phi) is 2.86. The van der Waals surface area contributed by atoms with Gasteiger partial charge in [0.15, 0.2) is 0 Å². The van der Waals surface area contributed by atoms with Crippen LogP contribution in [0, 0.1) is 0 Å². The number of hydrogen-bond acceptors (Lipinski definition) is 2. The predicted molar refractivity (Wildman–Crippen MR) is 87.6 cm³/mol. The second-order valence-corrected chi connectivity index (χ2v) is 5.11. The van der Waals surface area contributed by atoms with Crippen molar-refractivity contribution in [3.63, 3.8) is 0 Å². The van der Waals surface area contributed by atoms with Crippen molar-refractivity contribution in [2.75, 3.05) is 0 Å². The molecule has 106 valence electrons. The van der Waals surface area contributed by atoms with Gasteiger partial charge in [-0.05, 0) is 11.6 Å². The molecule has 0 atom stereocenters. The van der Waals surface area contributed by atoms with Gasteiger partial charge in [-0.3, -0.25) is 4.79 Å². The van der Waals surface area contributed by atoms with Crippen molar-refractivity contribution < 1.29 is 0 Å². The molecule has 0 aliphatic rings. The first-order chi connectivity index (χ1) is 10.8. The molecule has 0 fully saturated rings. The molecular formula is C18H13N3O. The van der Waals surface area contributed by atoms with Gasteiger partial charge < -0.3 is 4.98 Å². The highest BCUT2D eigenvalue weighted by molar-refractivity contribution is 5.95. The molecule has 2 aromatic heterocycles. The van der Waals surface area contributed by atoms with Gasteiger partial charge in [-0.25, -0.2) is 5.10 Å². The van der Waals surface area contributed by atoms with E-state index in [0.29, 0.717) is 5.52 Å². The second kappa shape index (κ2) is 5.00. The summed E-state index contributed by atoms with van der Waals surface area (Å²) >= 11 is 0. The fraction of sp³-hybridized carbons (Fsp3) is 0. The third-order valence-electron chi connectivity index (χ3n) is 3.70. The number of hydrogen-bond donors (Lipinski definition) is 2. The van der Waals surface area contributed by atoms with E-state index in [2.05, 4.69) is 15.2 Å². The molecule has 0 aliphatic carbocycles. The molecule has 4 rings (SSSR count). The lowest BCUT2D eigenvalue weighted by molar-refractivity contribution is 1.01. The number of nitrogens with one attached hydrogen (secondary N) is 2. The minimum Gasteiger partial charge on any atom is -0.350 e. The number of rotatable bonds is 2. The van der Waals surface area contributed by atoms with Crippen molar-refractivity contribution in [2.45, 2.75) is 0 Å². The molecule has 2 N–H and O–H groups in total. The molecule has 0 saturated heterocycles.